The van der Waals surface area contributed by atoms with E-state index in [9.17, 15) is 14.4 Å². The number of carbonyl (C=O) groups is 3. The van der Waals surface area contributed by atoms with Gasteiger partial charge in [-0.05, 0) is 105 Å². The number of hydrogen-bond donors (Lipinski definition) is 3. The second-order valence-electron chi connectivity index (χ2n) is 13.6. The Morgan fingerprint density at radius 3 is 2.61 bits per heavy atom. The van der Waals surface area contributed by atoms with Gasteiger partial charge in [0, 0.05) is 25.7 Å². The average Bonchev–Trinajstić information content (AvgIpc) is 3.66. The minimum Gasteiger partial charge on any atom is -0.494 e. The van der Waals surface area contributed by atoms with E-state index < -0.39 is 12.1 Å². The Hall–Kier alpha value is -3.39. The van der Waals surface area contributed by atoms with Gasteiger partial charge in [-0.1, -0.05) is 42.8 Å². The van der Waals surface area contributed by atoms with Crippen molar-refractivity contribution in [2.24, 2.45) is 17.8 Å². The molecule has 2 saturated carbocycles. The van der Waals surface area contributed by atoms with Crippen LogP contribution >= 0.6 is 0 Å². The zero-order valence-corrected chi connectivity index (χ0v) is 26.1. The van der Waals surface area contributed by atoms with E-state index in [1.807, 2.05) is 60.4 Å². The van der Waals surface area contributed by atoms with E-state index in [2.05, 4.69) is 16.0 Å². The third-order valence-corrected chi connectivity index (χ3v) is 10.5. The summed E-state index contributed by atoms with van der Waals surface area (Å²) in [7, 11) is 0. The minimum absolute atomic E-state index is 0.0148. The van der Waals surface area contributed by atoms with Crippen LogP contribution in [0.2, 0.25) is 0 Å². The van der Waals surface area contributed by atoms with Gasteiger partial charge in [-0.3, -0.25) is 14.4 Å². The number of carbonyl (C=O) groups excluding carboxylic acids is 3. The molecule has 3 fully saturated rings. The number of rotatable bonds is 5. The Bertz CT molecular complexity index is 1320. The van der Waals surface area contributed by atoms with E-state index in [4.69, 9.17) is 4.74 Å². The molecule has 1 saturated heterocycles. The lowest BCUT2D eigenvalue weighted by Crippen LogP contribution is -2.56. The van der Waals surface area contributed by atoms with E-state index in [0.29, 0.717) is 50.3 Å². The van der Waals surface area contributed by atoms with E-state index >= 15 is 0 Å². The minimum atomic E-state index is -0.722. The zero-order valence-electron chi connectivity index (χ0n) is 26.1. The molecule has 3 N–H and O–H groups in total. The molecule has 0 aromatic heterocycles. The quantitative estimate of drug-likeness (QED) is 0.476. The molecule has 2 aromatic rings. The van der Waals surface area contributed by atoms with Gasteiger partial charge in [0.15, 0.2) is 0 Å². The lowest BCUT2D eigenvalue weighted by molar-refractivity contribution is -0.137. The first kappa shape index (κ1) is 30.6. The summed E-state index contributed by atoms with van der Waals surface area (Å²) in [5.74, 6) is 1.98. The van der Waals surface area contributed by atoms with Crippen LogP contribution in [0.15, 0.2) is 48.5 Å². The summed E-state index contributed by atoms with van der Waals surface area (Å²) >= 11 is 0. The van der Waals surface area contributed by atoms with Gasteiger partial charge in [-0.2, -0.15) is 0 Å². The number of nitrogens with zero attached hydrogens (tertiary/aromatic N) is 1. The van der Waals surface area contributed by atoms with Crippen molar-refractivity contribution in [2.75, 3.05) is 19.7 Å². The van der Waals surface area contributed by atoms with Gasteiger partial charge >= 0.3 is 0 Å². The van der Waals surface area contributed by atoms with Crippen molar-refractivity contribution in [1.29, 1.82) is 0 Å². The summed E-state index contributed by atoms with van der Waals surface area (Å²) in [6.07, 6.45) is 8.86. The highest BCUT2D eigenvalue weighted by molar-refractivity contribution is 5.92. The van der Waals surface area contributed by atoms with Crippen LogP contribution < -0.4 is 20.7 Å². The van der Waals surface area contributed by atoms with E-state index in [1.165, 1.54) is 19.3 Å². The molecule has 4 aliphatic rings. The number of fused-ring (bicyclic) bond motifs is 6. The lowest BCUT2D eigenvalue weighted by atomic mass is 9.93. The summed E-state index contributed by atoms with van der Waals surface area (Å²) in [5.41, 5.74) is 3.19. The highest BCUT2D eigenvalue weighted by Gasteiger charge is 2.42. The number of amides is 3. The molecular formula is C36H48N4O4. The predicted octanol–water partition coefficient (Wildman–Crippen LogP) is 4.29. The van der Waals surface area contributed by atoms with Gasteiger partial charge in [0.2, 0.25) is 17.7 Å². The van der Waals surface area contributed by atoms with Gasteiger partial charge in [0.25, 0.3) is 0 Å². The molecule has 4 unspecified atom stereocenters. The van der Waals surface area contributed by atoms with Crippen LogP contribution in [0.5, 0.6) is 5.75 Å². The molecule has 2 aromatic carbocycles. The maximum Gasteiger partial charge on any atom is 0.242 e. The SMILES string of the molecule is Cc1ccc2cc1CNC(=O)[C@H](CCc1ccccc1)NC(=O)[C@@H](NC1CC3CCC1C3)CC(=O)N1CCCC(CCO2)C1. The molecule has 3 amide bonds. The van der Waals surface area contributed by atoms with Crippen LogP contribution in [-0.2, 0) is 27.3 Å². The summed E-state index contributed by atoms with van der Waals surface area (Å²) in [4.78, 5) is 43.4. The van der Waals surface area contributed by atoms with Crippen molar-refractivity contribution in [3.63, 3.8) is 0 Å². The Morgan fingerprint density at radius 1 is 0.955 bits per heavy atom. The lowest BCUT2D eigenvalue weighted by Gasteiger charge is -2.35. The summed E-state index contributed by atoms with van der Waals surface area (Å²) in [5, 5.41) is 9.82. The normalized spacial score (nSPS) is 29.8. The van der Waals surface area contributed by atoms with Crippen LogP contribution in [-0.4, -0.2) is 60.4 Å². The maximum atomic E-state index is 14.0. The smallest absolute Gasteiger partial charge is 0.242 e. The number of aryl methyl sites for hydroxylation is 2. The van der Waals surface area contributed by atoms with Crippen LogP contribution in [0.3, 0.4) is 0 Å². The fourth-order valence-corrected chi connectivity index (χ4v) is 7.84. The second kappa shape index (κ2) is 14.1. The molecule has 6 rings (SSSR count). The monoisotopic (exact) mass is 600 g/mol. The Balaban J connectivity index is 1.25. The predicted molar refractivity (Wildman–Crippen MR) is 170 cm³/mol. The fourth-order valence-electron chi connectivity index (χ4n) is 7.84. The standard InChI is InChI=1S/C36H48N4O4/c1-24-9-13-30-20-29(24)22-37-35(42)31(14-11-25-6-3-2-4-7-25)39-36(43)33(38-32-19-27-10-12-28(32)18-27)21-34(41)40-16-5-8-26(23-40)15-17-44-30/h2-4,6-7,9,13,20,26-28,31-33,38H,5,8,10-12,14-19,21-23H2,1H3,(H,37,42)(H,39,43)/t26?,27?,28?,31-,32?,33-/m0/s1. The van der Waals surface area contributed by atoms with Crippen molar-refractivity contribution >= 4 is 17.7 Å². The number of ether oxygens (including phenoxy) is 1. The Morgan fingerprint density at radius 2 is 1.82 bits per heavy atom. The van der Waals surface area contributed by atoms with Gasteiger partial charge in [-0.25, -0.2) is 0 Å². The van der Waals surface area contributed by atoms with Crippen LogP contribution in [0.4, 0.5) is 0 Å². The highest BCUT2D eigenvalue weighted by atomic mass is 16.5. The number of nitrogens with one attached hydrogen (secondary N) is 3. The van der Waals surface area contributed by atoms with Crippen LogP contribution in [0, 0.1) is 24.7 Å². The van der Waals surface area contributed by atoms with Gasteiger partial charge in [0.05, 0.1) is 19.1 Å². The zero-order chi connectivity index (χ0) is 30.5. The summed E-state index contributed by atoms with van der Waals surface area (Å²) in [6, 6.07) is 14.9. The first-order valence-electron chi connectivity index (χ1n) is 16.8. The molecule has 8 heteroatoms. The molecule has 2 heterocycles. The number of hydrogen-bond acceptors (Lipinski definition) is 5. The largest absolute Gasteiger partial charge is 0.494 e. The van der Waals surface area contributed by atoms with Crippen molar-refractivity contribution in [1.82, 2.24) is 20.9 Å². The van der Waals surface area contributed by atoms with Crippen LogP contribution in [0.1, 0.15) is 74.5 Å². The molecule has 236 valence electrons. The van der Waals surface area contributed by atoms with E-state index in [1.54, 1.807) is 0 Å². The fraction of sp³-hybridized carbons (Fsp3) is 0.583. The average molecular weight is 601 g/mol. The van der Waals surface area contributed by atoms with Crippen molar-refractivity contribution < 1.29 is 19.1 Å². The molecule has 6 atom stereocenters. The van der Waals surface area contributed by atoms with Crippen LogP contribution in [0.25, 0.3) is 0 Å². The molecule has 0 radical (unpaired) electrons. The Labute approximate surface area is 261 Å². The Kier molecular flexibility index (Phi) is 9.85. The summed E-state index contributed by atoms with van der Waals surface area (Å²) < 4.78 is 6.15. The molecule has 2 aliphatic heterocycles. The van der Waals surface area contributed by atoms with E-state index in [-0.39, 0.29) is 30.2 Å². The van der Waals surface area contributed by atoms with Gasteiger partial charge < -0.3 is 25.6 Å². The first-order chi connectivity index (χ1) is 21.4. The molecule has 0 spiro atoms. The molecule has 8 nitrogen and oxygen atoms in total. The second-order valence-corrected chi connectivity index (χ2v) is 13.6. The molecule has 44 heavy (non-hydrogen) atoms. The number of piperidine rings is 1. The third-order valence-electron chi connectivity index (χ3n) is 10.5. The van der Waals surface area contributed by atoms with E-state index in [0.717, 1.165) is 54.7 Å². The van der Waals surface area contributed by atoms with Gasteiger partial charge in [0.1, 0.15) is 11.8 Å². The first-order valence-corrected chi connectivity index (χ1v) is 16.8. The topological polar surface area (TPSA) is 99.8 Å². The van der Waals surface area contributed by atoms with Gasteiger partial charge in [-0.15, -0.1) is 0 Å². The van der Waals surface area contributed by atoms with Crippen molar-refractivity contribution in [3.8, 4) is 5.75 Å². The molecule has 6 bridgehead atoms. The van der Waals surface area contributed by atoms with Crippen molar-refractivity contribution in [2.45, 2.75) is 95.8 Å². The molecular weight excluding hydrogens is 552 g/mol. The maximum absolute atomic E-state index is 14.0. The highest BCUT2D eigenvalue weighted by Crippen LogP contribution is 2.44. The summed E-state index contributed by atoms with van der Waals surface area (Å²) in [6.45, 7) is 4.39. The number of benzene rings is 2. The van der Waals surface area contributed by atoms with Crippen molar-refractivity contribution in [3.05, 3.63) is 65.2 Å². The third kappa shape index (κ3) is 7.63. The molecule has 2 aliphatic carbocycles.